The molecule has 4 aromatic rings. The molecule has 0 saturated carbocycles. The number of benzene rings is 2. The number of aromatic carboxylic acids is 1. The molecule has 0 radical (unpaired) electrons. The van der Waals surface area contributed by atoms with Gasteiger partial charge in [0.05, 0.1) is 0 Å². The van der Waals surface area contributed by atoms with Crippen LogP contribution in [0, 0.1) is 0 Å². The van der Waals surface area contributed by atoms with Crippen LogP contribution >= 0.6 is 0 Å². The molecule has 7 nitrogen and oxygen atoms in total. The van der Waals surface area contributed by atoms with E-state index in [-0.39, 0.29) is 5.69 Å². The first-order valence-corrected chi connectivity index (χ1v) is 8.14. The summed E-state index contributed by atoms with van der Waals surface area (Å²) in [4.78, 5) is 21.3. The Balaban J connectivity index is 1.49. The highest BCUT2D eigenvalue weighted by atomic mass is 16.7. The van der Waals surface area contributed by atoms with Crippen molar-refractivity contribution in [2.45, 2.75) is 0 Å². The van der Waals surface area contributed by atoms with Crippen LogP contribution < -0.4 is 4.84 Å². The van der Waals surface area contributed by atoms with Crippen molar-refractivity contribution < 1.29 is 14.7 Å². The summed E-state index contributed by atoms with van der Waals surface area (Å²) in [5.41, 5.74) is 4.18. The third-order valence-electron chi connectivity index (χ3n) is 3.98. The molecule has 0 aliphatic rings. The third kappa shape index (κ3) is 3.67. The number of aromatic nitrogens is 4. The maximum absolute atomic E-state index is 10.8. The Kier molecular flexibility index (Phi) is 4.32. The van der Waals surface area contributed by atoms with Crippen molar-refractivity contribution in [3.05, 3.63) is 84.9 Å². The Morgan fingerprint density at radius 3 is 1.85 bits per heavy atom. The molecule has 0 saturated heterocycles. The zero-order valence-electron chi connectivity index (χ0n) is 14.1. The molecular formula is C20H14N4O3. The molecule has 2 heterocycles. The summed E-state index contributed by atoms with van der Waals surface area (Å²) >= 11 is 0. The zero-order chi connectivity index (χ0) is 18.6. The van der Waals surface area contributed by atoms with Crippen LogP contribution in [0.25, 0.3) is 22.3 Å². The maximum atomic E-state index is 10.8. The predicted octanol–water partition coefficient (Wildman–Crippen LogP) is 3.55. The first-order valence-electron chi connectivity index (χ1n) is 8.14. The fourth-order valence-corrected chi connectivity index (χ4v) is 2.61. The Hall–Kier alpha value is -4.00. The van der Waals surface area contributed by atoms with Crippen molar-refractivity contribution in [1.29, 1.82) is 0 Å². The number of hydrogen-bond acceptors (Lipinski definition) is 5. The van der Waals surface area contributed by atoms with E-state index in [0.29, 0.717) is 5.75 Å². The third-order valence-corrected chi connectivity index (χ3v) is 3.98. The van der Waals surface area contributed by atoms with Gasteiger partial charge in [-0.25, -0.2) is 4.79 Å². The normalized spacial score (nSPS) is 10.5. The molecule has 27 heavy (non-hydrogen) atoms. The van der Waals surface area contributed by atoms with Gasteiger partial charge < -0.3 is 9.94 Å². The van der Waals surface area contributed by atoms with Crippen LogP contribution in [0.4, 0.5) is 0 Å². The molecule has 1 N–H and O–H groups in total. The molecule has 0 unspecified atom stereocenters. The van der Waals surface area contributed by atoms with Crippen molar-refractivity contribution in [3.8, 4) is 28.0 Å². The predicted molar refractivity (Wildman–Crippen MR) is 98.1 cm³/mol. The number of carbonyl (C=O) groups is 1. The molecule has 0 aliphatic heterocycles. The second kappa shape index (κ2) is 7.09. The van der Waals surface area contributed by atoms with Crippen LogP contribution in [0.1, 0.15) is 10.5 Å². The Morgan fingerprint density at radius 2 is 1.33 bits per heavy atom. The highest BCUT2D eigenvalue weighted by Crippen LogP contribution is 2.26. The molecule has 4 rings (SSSR count). The topological polar surface area (TPSA) is 90.1 Å². The molecule has 132 valence electrons. The van der Waals surface area contributed by atoms with E-state index in [1.54, 1.807) is 24.5 Å². The summed E-state index contributed by atoms with van der Waals surface area (Å²) in [7, 11) is 0. The quantitative estimate of drug-likeness (QED) is 0.587. The van der Waals surface area contributed by atoms with Gasteiger partial charge in [0.25, 0.3) is 0 Å². The summed E-state index contributed by atoms with van der Waals surface area (Å²) in [6, 6.07) is 19.6. The van der Waals surface area contributed by atoms with Crippen LogP contribution in [-0.4, -0.2) is 31.2 Å². The zero-order valence-corrected chi connectivity index (χ0v) is 14.1. The lowest BCUT2D eigenvalue weighted by Gasteiger charge is -2.07. The molecule has 2 aromatic carbocycles. The van der Waals surface area contributed by atoms with Crippen molar-refractivity contribution in [1.82, 2.24) is 20.1 Å². The van der Waals surface area contributed by atoms with Gasteiger partial charge in [-0.2, -0.15) is 0 Å². The van der Waals surface area contributed by atoms with Crippen LogP contribution in [0.15, 0.2) is 79.3 Å². The molecule has 0 bridgehead atoms. The van der Waals surface area contributed by atoms with Crippen LogP contribution in [0.3, 0.4) is 0 Å². The summed E-state index contributed by atoms with van der Waals surface area (Å²) < 4.78 is 0. The molecule has 0 fully saturated rings. The minimum absolute atomic E-state index is 0.180. The lowest BCUT2D eigenvalue weighted by atomic mass is 10.0. The van der Waals surface area contributed by atoms with E-state index in [4.69, 9.17) is 9.94 Å². The average molecular weight is 358 g/mol. The van der Waals surface area contributed by atoms with Gasteiger partial charge in [-0.15, -0.1) is 5.10 Å². The smallest absolute Gasteiger partial charge is 0.358 e. The number of hydrogen-bond donors (Lipinski definition) is 1. The highest BCUT2D eigenvalue weighted by Gasteiger charge is 2.09. The standard InChI is InChI=1S/C20H14N4O3/c25-20(26)19-13-24(23-22-19)27-18-7-5-16(6-8-18)14-1-3-15(4-2-14)17-9-11-21-12-10-17/h1-13H,(H,25,26). The lowest BCUT2D eigenvalue weighted by Crippen LogP contribution is -2.05. The maximum Gasteiger partial charge on any atom is 0.358 e. The molecular weight excluding hydrogens is 344 g/mol. The van der Waals surface area contributed by atoms with Gasteiger partial charge in [0, 0.05) is 12.4 Å². The van der Waals surface area contributed by atoms with E-state index >= 15 is 0 Å². The number of pyridine rings is 1. The molecule has 7 heteroatoms. The van der Waals surface area contributed by atoms with E-state index in [9.17, 15) is 4.79 Å². The van der Waals surface area contributed by atoms with Gasteiger partial charge in [-0.1, -0.05) is 41.2 Å². The Labute approximate surface area is 154 Å². The van der Waals surface area contributed by atoms with Crippen LogP contribution in [0.5, 0.6) is 5.75 Å². The van der Waals surface area contributed by atoms with Crippen LogP contribution in [0.2, 0.25) is 0 Å². The van der Waals surface area contributed by atoms with Gasteiger partial charge in [0.1, 0.15) is 6.20 Å². The monoisotopic (exact) mass is 358 g/mol. The lowest BCUT2D eigenvalue weighted by molar-refractivity contribution is 0.0690. The summed E-state index contributed by atoms with van der Waals surface area (Å²) in [6.07, 6.45) is 4.75. The summed E-state index contributed by atoms with van der Waals surface area (Å²) in [5, 5.41) is 16.0. The second-order valence-corrected chi connectivity index (χ2v) is 5.74. The first-order chi connectivity index (χ1) is 13.2. The summed E-state index contributed by atoms with van der Waals surface area (Å²) in [5.74, 6) is -0.635. The molecule has 0 spiro atoms. The SMILES string of the molecule is O=C(O)c1cn(Oc2ccc(-c3ccc(-c4ccncc4)cc3)cc2)nn1. The first kappa shape index (κ1) is 16.5. The number of rotatable bonds is 5. The van der Waals surface area contributed by atoms with Gasteiger partial charge >= 0.3 is 5.97 Å². The summed E-state index contributed by atoms with van der Waals surface area (Å²) in [6.45, 7) is 0. The van der Waals surface area contributed by atoms with Gasteiger partial charge in [-0.05, 0) is 51.7 Å². The largest absolute Gasteiger partial charge is 0.476 e. The second-order valence-electron chi connectivity index (χ2n) is 5.74. The highest BCUT2D eigenvalue weighted by molar-refractivity contribution is 5.84. The van der Waals surface area contributed by atoms with Crippen molar-refractivity contribution in [3.63, 3.8) is 0 Å². The Morgan fingerprint density at radius 1 is 0.815 bits per heavy atom. The van der Waals surface area contributed by atoms with Crippen molar-refractivity contribution >= 4 is 5.97 Å². The number of nitrogens with zero attached hydrogens (tertiary/aromatic N) is 4. The molecule has 0 atom stereocenters. The van der Waals surface area contributed by atoms with E-state index in [0.717, 1.165) is 27.1 Å². The molecule has 0 amide bonds. The molecule has 2 aromatic heterocycles. The van der Waals surface area contributed by atoms with Crippen molar-refractivity contribution in [2.75, 3.05) is 0 Å². The number of carboxylic acid groups (broad SMARTS) is 1. The van der Waals surface area contributed by atoms with Crippen LogP contribution in [-0.2, 0) is 0 Å². The van der Waals surface area contributed by atoms with Gasteiger partial charge in [-0.3, -0.25) is 4.98 Å². The fraction of sp³-hybridized carbons (Fsp3) is 0. The van der Waals surface area contributed by atoms with E-state index < -0.39 is 5.97 Å². The molecule has 0 aliphatic carbocycles. The minimum Gasteiger partial charge on any atom is -0.476 e. The number of carboxylic acids is 1. The van der Waals surface area contributed by atoms with E-state index in [1.165, 1.54) is 6.20 Å². The van der Waals surface area contributed by atoms with E-state index in [2.05, 4.69) is 39.6 Å². The minimum atomic E-state index is -1.16. The van der Waals surface area contributed by atoms with E-state index in [1.807, 2.05) is 24.3 Å². The fourth-order valence-electron chi connectivity index (χ4n) is 2.61. The average Bonchev–Trinajstić information content (AvgIpc) is 3.18. The van der Waals surface area contributed by atoms with Gasteiger partial charge in [0.15, 0.2) is 11.4 Å². The Bertz CT molecular complexity index is 1060. The van der Waals surface area contributed by atoms with Gasteiger partial charge in [0.2, 0.25) is 0 Å². The van der Waals surface area contributed by atoms with Crippen molar-refractivity contribution in [2.24, 2.45) is 0 Å².